The lowest BCUT2D eigenvalue weighted by molar-refractivity contribution is 1.11. The molecular formula is C15H22N2. The topological polar surface area (TPSA) is 36.7 Å². The van der Waals surface area contributed by atoms with Crippen LogP contribution in [0.2, 0.25) is 0 Å². The summed E-state index contributed by atoms with van der Waals surface area (Å²) in [5.74, 6) is 0. The van der Waals surface area contributed by atoms with Crippen LogP contribution in [0.4, 0.5) is 0 Å². The highest BCUT2D eigenvalue weighted by atomic mass is 14.6. The zero-order chi connectivity index (χ0) is 13.3. The molecule has 0 saturated carbocycles. The molecule has 0 aliphatic carbocycles. The summed E-state index contributed by atoms with van der Waals surface area (Å²) in [6.07, 6.45) is 3.50. The van der Waals surface area contributed by atoms with Crippen LogP contribution in [0.5, 0.6) is 0 Å². The predicted octanol–water partition coefficient (Wildman–Crippen LogP) is 2.77. The van der Waals surface area contributed by atoms with E-state index in [0.717, 1.165) is 29.0 Å². The second-order valence-electron chi connectivity index (χ2n) is 3.48. The minimum atomic E-state index is 0.756. The van der Waals surface area contributed by atoms with Crippen LogP contribution in [0, 0.1) is 11.3 Å². The molecule has 0 fully saturated rings. The van der Waals surface area contributed by atoms with E-state index in [4.69, 9.17) is 5.26 Å². The Kier molecular flexibility index (Phi) is 7.71. The predicted molar refractivity (Wildman–Crippen MR) is 73.5 cm³/mol. The Labute approximate surface area is 104 Å². The van der Waals surface area contributed by atoms with Crippen molar-refractivity contribution in [3.05, 3.63) is 28.9 Å². The van der Waals surface area contributed by atoms with E-state index in [9.17, 15) is 0 Å². The second-order valence-corrected chi connectivity index (χ2v) is 3.48. The van der Waals surface area contributed by atoms with E-state index < -0.39 is 0 Å². The molecule has 1 heterocycles. The van der Waals surface area contributed by atoms with Crippen LogP contribution in [-0.4, -0.2) is 4.98 Å². The van der Waals surface area contributed by atoms with Crippen LogP contribution in [0.3, 0.4) is 0 Å². The zero-order valence-corrected chi connectivity index (χ0v) is 11.5. The first kappa shape index (κ1) is 15.4. The van der Waals surface area contributed by atoms with Crippen LogP contribution in [0.15, 0.2) is 18.3 Å². The fraction of sp³-hybridized carbons (Fsp3) is 0.467. The second kappa shape index (κ2) is 8.52. The standard InChI is InChI=1S/C13H16N2.C2H6/c1-4-10(3)13-12(7-6-8-15-13)11(5-2)9-14;1-2/h6-8H,4-5H2,1-3H3;1-2H3/b12-11+,13-10+;. The maximum absolute atomic E-state index is 9.03. The van der Waals surface area contributed by atoms with E-state index in [-0.39, 0.29) is 0 Å². The largest absolute Gasteiger partial charge is 0.256 e. The summed E-state index contributed by atoms with van der Waals surface area (Å²) < 4.78 is 0. The zero-order valence-electron chi connectivity index (χ0n) is 11.5. The van der Waals surface area contributed by atoms with Gasteiger partial charge in [0.05, 0.1) is 11.4 Å². The van der Waals surface area contributed by atoms with Gasteiger partial charge in [-0.05, 0) is 31.4 Å². The third kappa shape index (κ3) is 4.03. The van der Waals surface area contributed by atoms with Gasteiger partial charge in [0, 0.05) is 17.0 Å². The van der Waals surface area contributed by atoms with Crippen molar-refractivity contribution < 1.29 is 0 Å². The highest BCUT2D eigenvalue weighted by molar-refractivity contribution is 5.60. The van der Waals surface area contributed by atoms with Crippen molar-refractivity contribution in [2.24, 2.45) is 0 Å². The molecule has 0 aliphatic heterocycles. The van der Waals surface area contributed by atoms with Crippen LogP contribution in [0.1, 0.15) is 47.5 Å². The molecule has 0 atom stereocenters. The Hall–Kier alpha value is -1.62. The van der Waals surface area contributed by atoms with E-state index in [2.05, 4.69) is 24.9 Å². The SMILES string of the molecule is CC.CC/C(C#N)=c1/cccn/c1=C(\C)CC. The van der Waals surface area contributed by atoms with E-state index in [1.807, 2.05) is 32.9 Å². The van der Waals surface area contributed by atoms with Crippen LogP contribution < -0.4 is 10.6 Å². The number of nitrogens with zero attached hydrogens (tertiary/aromatic N) is 2. The smallest absolute Gasteiger partial charge is 0.0954 e. The van der Waals surface area contributed by atoms with Gasteiger partial charge in [0.2, 0.25) is 0 Å². The van der Waals surface area contributed by atoms with Crippen molar-refractivity contribution in [2.45, 2.75) is 47.5 Å². The highest BCUT2D eigenvalue weighted by Gasteiger charge is 1.97. The molecule has 92 valence electrons. The van der Waals surface area contributed by atoms with Gasteiger partial charge >= 0.3 is 0 Å². The quantitative estimate of drug-likeness (QED) is 0.783. The molecule has 0 aromatic carbocycles. The maximum atomic E-state index is 9.03. The molecule has 1 aromatic rings. The first-order chi connectivity index (χ1) is 8.24. The minimum Gasteiger partial charge on any atom is -0.256 e. The van der Waals surface area contributed by atoms with E-state index in [0.29, 0.717) is 0 Å². The Morgan fingerprint density at radius 2 is 1.94 bits per heavy atom. The molecule has 0 saturated heterocycles. The fourth-order valence-electron chi connectivity index (χ4n) is 1.49. The van der Waals surface area contributed by atoms with Gasteiger partial charge in [-0.25, -0.2) is 0 Å². The molecule has 0 spiro atoms. The minimum absolute atomic E-state index is 0.756. The summed E-state index contributed by atoms with van der Waals surface area (Å²) in [6, 6.07) is 6.11. The van der Waals surface area contributed by atoms with Crippen molar-refractivity contribution in [1.29, 1.82) is 5.26 Å². The van der Waals surface area contributed by atoms with Crippen LogP contribution in [0.25, 0.3) is 11.1 Å². The number of aromatic nitrogens is 1. The average Bonchev–Trinajstić information content (AvgIpc) is 2.42. The molecule has 0 bridgehead atoms. The highest BCUT2D eigenvalue weighted by Crippen LogP contribution is 1.97. The first-order valence-corrected chi connectivity index (χ1v) is 6.28. The summed E-state index contributed by atoms with van der Waals surface area (Å²) in [5.41, 5.74) is 2.04. The summed E-state index contributed by atoms with van der Waals surface area (Å²) in [4.78, 5) is 4.36. The summed E-state index contributed by atoms with van der Waals surface area (Å²) >= 11 is 0. The van der Waals surface area contributed by atoms with Crippen molar-refractivity contribution in [3.8, 4) is 6.07 Å². The van der Waals surface area contributed by atoms with Crippen LogP contribution in [-0.2, 0) is 0 Å². The molecular weight excluding hydrogens is 208 g/mol. The van der Waals surface area contributed by atoms with Crippen molar-refractivity contribution >= 4 is 11.1 Å². The van der Waals surface area contributed by atoms with Gasteiger partial charge in [0.25, 0.3) is 0 Å². The molecule has 17 heavy (non-hydrogen) atoms. The summed E-state index contributed by atoms with van der Waals surface area (Å²) in [7, 11) is 0. The van der Waals surface area contributed by atoms with Crippen LogP contribution >= 0.6 is 0 Å². The van der Waals surface area contributed by atoms with Crippen molar-refractivity contribution in [2.75, 3.05) is 0 Å². The molecule has 0 amide bonds. The van der Waals surface area contributed by atoms with E-state index >= 15 is 0 Å². The normalized spacial score (nSPS) is 12.9. The van der Waals surface area contributed by atoms with Gasteiger partial charge in [0.1, 0.15) is 0 Å². The number of pyridine rings is 1. The lowest BCUT2D eigenvalue weighted by Gasteiger charge is -1.98. The summed E-state index contributed by atoms with van der Waals surface area (Å²) in [6.45, 7) is 10.2. The lowest BCUT2D eigenvalue weighted by Crippen LogP contribution is -2.31. The molecule has 0 N–H and O–H groups in total. The van der Waals surface area contributed by atoms with Gasteiger partial charge in [-0.3, -0.25) is 4.98 Å². The molecule has 0 aliphatic rings. The number of hydrogen-bond donors (Lipinski definition) is 0. The summed E-state index contributed by atoms with van der Waals surface area (Å²) in [5, 5.41) is 11.0. The monoisotopic (exact) mass is 230 g/mol. The third-order valence-corrected chi connectivity index (χ3v) is 2.56. The van der Waals surface area contributed by atoms with E-state index in [1.165, 1.54) is 5.57 Å². The Morgan fingerprint density at radius 1 is 1.29 bits per heavy atom. The van der Waals surface area contributed by atoms with E-state index in [1.54, 1.807) is 6.20 Å². The first-order valence-electron chi connectivity index (χ1n) is 6.28. The molecule has 0 radical (unpaired) electrons. The Morgan fingerprint density at radius 3 is 2.41 bits per heavy atom. The molecule has 2 nitrogen and oxygen atoms in total. The number of rotatable bonds is 2. The molecule has 1 aromatic heterocycles. The van der Waals surface area contributed by atoms with Gasteiger partial charge < -0.3 is 0 Å². The Balaban J connectivity index is 0.00000121. The van der Waals surface area contributed by atoms with Crippen molar-refractivity contribution in [3.63, 3.8) is 0 Å². The van der Waals surface area contributed by atoms with Gasteiger partial charge in [-0.1, -0.05) is 33.8 Å². The van der Waals surface area contributed by atoms with Gasteiger partial charge in [-0.15, -0.1) is 0 Å². The number of nitriles is 1. The molecule has 0 unspecified atom stereocenters. The molecule has 1 rings (SSSR count). The molecule has 2 heteroatoms. The average molecular weight is 230 g/mol. The Bertz CT molecular complexity index is 492. The fourth-order valence-corrected chi connectivity index (χ4v) is 1.49. The maximum Gasteiger partial charge on any atom is 0.0954 e. The van der Waals surface area contributed by atoms with Crippen molar-refractivity contribution in [1.82, 2.24) is 4.98 Å². The van der Waals surface area contributed by atoms with Gasteiger partial charge in [-0.2, -0.15) is 5.26 Å². The van der Waals surface area contributed by atoms with Gasteiger partial charge in [0.15, 0.2) is 0 Å². The lowest BCUT2D eigenvalue weighted by atomic mass is 10.1. The number of hydrogen-bond acceptors (Lipinski definition) is 2. The third-order valence-electron chi connectivity index (χ3n) is 2.56.